The van der Waals surface area contributed by atoms with Crippen molar-refractivity contribution in [2.75, 3.05) is 14.2 Å². The zero-order valence-electron chi connectivity index (χ0n) is 7.70. The summed E-state index contributed by atoms with van der Waals surface area (Å²) < 4.78 is 9.52. The first kappa shape index (κ1) is 10.2. The highest BCUT2D eigenvalue weighted by molar-refractivity contribution is 7.10. The Morgan fingerprint density at radius 1 is 1.54 bits per heavy atom. The van der Waals surface area contributed by atoms with Crippen LogP contribution in [0.5, 0.6) is 0 Å². The summed E-state index contributed by atoms with van der Waals surface area (Å²) in [6.07, 6.45) is 0.352. The summed E-state index contributed by atoms with van der Waals surface area (Å²) >= 11 is 1.55. The molecule has 0 saturated heterocycles. The second-order valence-corrected chi connectivity index (χ2v) is 3.60. The predicted molar refractivity (Wildman–Crippen MR) is 50.8 cm³/mol. The fraction of sp³-hybridized carbons (Fsp3) is 0.444. The molecule has 0 amide bonds. The molecule has 1 rings (SSSR count). The molecule has 0 aliphatic rings. The van der Waals surface area contributed by atoms with Gasteiger partial charge in [-0.15, -0.1) is 11.3 Å². The van der Waals surface area contributed by atoms with Gasteiger partial charge >= 0.3 is 5.97 Å². The maximum atomic E-state index is 10.9. The number of rotatable bonds is 4. The molecule has 0 bridgehead atoms. The topological polar surface area (TPSA) is 35.5 Å². The van der Waals surface area contributed by atoms with Crippen molar-refractivity contribution in [3.8, 4) is 0 Å². The minimum Gasteiger partial charge on any atom is -0.469 e. The molecule has 1 aromatic heterocycles. The molecule has 3 nitrogen and oxygen atoms in total. The first-order valence-corrected chi connectivity index (χ1v) is 4.76. The van der Waals surface area contributed by atoms with E-state index in [4.69, 9.17) is 4.74 Å². The van der Waals surface area contributed by atoms with E-state index < -0.39 is 0 Å². The van der Waals surface area contributed by atoms with Gasteiger partial charge in [-0.25, -0.2) is 0 Å². The van der Waals surface area contributed by atoms with Crippen molar-refractivity contribution in [2.24, 2.45) is 0 Å². The Hall–Kier alpha value is -0.870. The van der Waals surface area contributed by atoms with Crippen molar-refractivity contribution in [1.29, 1.82) is 0 Å². The molecular weight excluding hydrogens is 188 g/mol. The molecule has 4 heteroatoms. The maximum Gasteiger partial charge on any atom is 0.310 e. The molecule has 0 spiro atoms. The Morgan fingerprint density at radius 2 is 2.31 bits per heavy atom. The van der Waals surface area contributed by atoms with Gasteiger partial charge in [0.15, 0.2) is 0 Å². The number of esters is 1. The van der Waals surface area contributed by atoms with E-state index in [1.807, 2.05) is 11.4 Å². The van der Waals surface area contributed by atoms with E-state index in [1.165, 1.54) is 7.11 Å². The number of methoxy groups -OCH3 is 2. The third-order valence-electron chi connectivity index (χ3n) is 1.57. The quantitative estimate of drug-likeness (QED) is 0.693. The number of carbonyl (C=O) groups is 1. The Kier molecular flexibility index (Phi) is 3.92. The van der Waals surface area contributed by atoms with Crippen LogP contribution in [-0.4, -0.2) is 20.2 Å². The highest BCUT2D eigenvalue weighted by Gasteiger charge is 2.05. The lowest BCUT2D eigenvalue weighted by Gasteiger charge is -1.94. The molecule has 0 N–H and O–H groups in total. The molecule has 0 unspecified atom stereocenters. The first-order valence-electron chi connectivity index (χ1n) is 3.88. The number of carbonyl (C=O) groups excluding carboxylic acids is 1. The van der Waals surface area contributed by atoms with Gasteiger partial charge in [-0.2, -0.15) is 0 Å². The molecule has 0 fully saturated rings. The van der Waals surface area contributed by atoms with Gasteiger partial charge in [-0.05, 0) is 17.0 Å². The summed E-state index contributed by atoms with van der Waals surface area (Å²) in [5, 5.41) is 1.99. The van der Waals surface area contributed by atoms with Crippen LogP contribution < -0.4 is 0 Å². The van der Waals surface area contributed by atoms with Crippen molar-refractivity contribution < 1.29 is 14.3 Å². The fourth-order valence-corrected chi connectivity index (χ4v) is 1.84. The van der Waals surface area contributed by atoms with Gasteiger partial charge < -0.3 is 9.47 Å². The fourth-order valence-electron chi connectivity index (χ4n) is 0.976. The van der Waals surface area contributed by atoms with Crippen LogP contribution in [0.15, 0.2) is 11.4 Å². The van der Waals surface area contributed by atoms with E-state index in [9.17, 15) is 4.79 Å². The van der Waals surface area contributed by atoms with Crippen LogP contribution >= 0.6 is 11.3 Å². The largest absolute Gasteiger partial charge is 0.469 e. The molecule has 0 atom stereocenters. The van der Waals surface area contributed by atoms with E-state index in [0.29, 0.717) is 13.0 Å². The summed E-state index contributed by atoms with van der Waals surface area (Å²) in [5.41, 5.74) is 1.10. The van der Waals surface area contributed by atoms with Gasteiger partial charge in [-0.3, -0.25) is 4.79 Å². The Bertz CT molecular complexity index is 280. The first-order chi connectivity index (χ1) is 6.26. The Morgan fingerprint density at radius 3 is 2.92 bits per heavy atom. The smallest absolute Gasteiger partial charge is 0.310 e. The molecule has 0 saturated carbocycles. The lowest BCUT2D eigenvalue weighted by Crippen LogP contribution is -2.02. The summed E-state index contributed by atoms with van der Waals surface area (Å²) in [6, 6.07) is 1.96. The SMILES string of the molecule is COCc1csc(CC(=O)OC)c1. The number of thiophene rings is 1. The van der Waals surface area contributed by atoms with Crippen molar-refractivity contribution in [3.05, 3.63) is 21.9 Å². The average Bonchev–Trinajstić information content (AvgIpc) is 2.53. The molecule has 0 aliphatic carbocycles. The number of ether oxygens (including phenoxy) is 2. The van der Waals surface area contributed by atoms with Crippen LogP contribution in [0.25, 0.3) is 0 Å². The highest BCUT2D eigenvalue weighted by atomic mass is 32.1. The van der Waals surface area contributed by atoms with Crippen LogP contribution in [0.2, 0.25) is 0 Å². The average molecular weight is 200 g/mol. The lowest BCUT2D eigenvalue weighted by atomic mass is 10.3. The predicted octanol–water partition coefficient (Wildman–Crippen LogP) is 1.61. The van der Waals surface area contributed by atoms with E-state index in [1.54, 1.807) is 18.4 Å². The third kappa shape index (κ3) is 3.16. The van der Waals surface area contributed by atoms with Crippen LogP contribution in [0.3, 0.4) is 0 Å². The summed E-state index contributed by atoms with van der Waals surface area (Å²) in [7, 11) is 3.05. The Balaban J connectivity index is 2.53. The van der Waals surface area contributed by atoms with Gasteiger partial charge in [0.1, 0.15) is 0 Å². The lowest BCUT2D eigenvalue weighted by molar-refractivity contribution is -0.139. The van der Waals surface area contributed by atoms with Crippen LogP contribution in [0.4, 0.5) is 0 Å². The standard InChI is InChI=1S/C9H12O3S/c1-11-5-7-3-8(13-6-7)4-9(10)12-2/h3,6H,4-5H2,1-2H3. The molecule has 1 heterocycles. The normalized spacial score (nSPS) is 10.0. The highest BCUT2D eigenvalue weighted by Crippen LogP contribution is 2.16. The molecule has 0 aromatic carbocycles. The second-order valence-electron chi connectivity index (χ2n) is 2.61. The third-order valence-corrected chi connectivity index (χ3v) is 2.55. The van der Waals surface area contributed by atoms with Gasteiger partial charge in [0, 0.05) is 12.0 Å². The van der Waals surface area contributed by atoms with Gasteiger partial charge in [-0.1, -0.05) is 0 Å². The summed E-state index contributed by atoms with van der Waals surface area (Å²) in [5.74, 6) is -0.203. The number of hydrogen-bond acceptors (Lipinski definition) is 4. The van der Waals surface area contributed by atoms with Crippen LogP contribution in [0, 0.1) is 0 Å². The van der Waals surface area contributed by atoms with Crippen molar-refractivity contribution in [3.63, 3.8) is 0 Å². The van der Waals surface area contributed by atoms with Crippen LogP contribution in [-0.2, 0) is 27.3 Å². The van der Waals surface area contributed by atoms with Crippen molar-refractivity contribution in [1.82, 2.24) is 0 Å². The minimum absolute atomic E-state index is 0.203. The van der Waals surface area contributed by atoms with Crippen molar-refractivity contribution >= 4 is 17.3 Å². The molecular formula is C9H12O3S. The molecule has 0 aliphatic heterocycles. The monoisotopic (exact) mass is 200 g/mol. The Labute approximate surface area is 81.3 Å². The maximum absolute atomic E-state index is 10.9. The van der Waals surface area contributed by atoms with Crippen molar-refractivity contribution in [2.45, 2.75) is 13.0 Å². The summed E-state index contributed by atoms with van der Waals surface area (Å²) in [6.45, 7) is 0.595. The molecule has 1 aromatic rings. The second kappa shape index (κ2) is 4.99. The van der Waals surface area contributed by atoms with E-state index in [2.05, 4.69) is 4.74 Å². The number of hydrogen-bond donors (Lipinski definition) is 0. The van der Waals surface area contributed by atoms with Crippen LogP contribution in [0.1, 0.15) is 10.4 Å². The molecule has 72 valence electrons. The van der Waals surface area contributed by atoms with Gasteiger partial charge in [0.25, 0.3) is 0 Å². The zero-order valence-corrected chi connectivity index (χ0v) is 8.52. The van der Waals surface area contributed by atoms with Gasteiger partial charge in [0.05, 0.1) is 20.1 Å². The molecule has 13 heavy (non-hydrogen) atoms. The zero-order chi connectivity index (χ0) is 9.68. The minimum atomic E-state index is -0.203. The van der Waals surface area contributed by atoms with E-state index in [-0.39, 0.29) is 5.97 Å². The van der Waals surface area contributed by atoms with Gasteiger partial charge in [0.2, 0.25) is 0 Å². The summed E-state index contributed by atoms with van der Waals surface area (Å²) in [4.78, 5) is 11.9. The molecule has 0 radical (unpaired) electrons. The van der Waals surface area contributed by atoms with E-state index in [0.717, 1.165) is 10.4 Å². The van der Waals surface area contributed by atoms with E-state index >= 15 is 0 Å².